The summed E-state index contributed by atoms with van der Waals surface area (Å²) in [6.45, 7) is 1.42. The molecule has 1 saturated heterocycles. The van der Waals surface area contributed by atoms with E-state index in [1.807, 2.05) is 7.05 Å². The average molecular weight is 300 g/mol. The molecule has 1 fully saturated rings. The molecule has 0 unspecified atom stereocenters. The fourth-order valence-corrected chi connectivity index (χ4v) is 2.65. The van der Waals surface area contributed by atoms with Crippen molar-refractivity contribution in [3.63, 3.8) is 0 Å². The van der Waals surface area contributed by atoms with Crippen LogP contribution < -0.4 is 0 Å². The predicted octanol–water partition coefficient (Wildman–Crippen LogP) is 1.91. The highest BCUT2D eigenvalue weighted by Crippen LogP contribution is 2.15. The van der Waals surface area contributed by atoms with E-state index in [4.69, 9.17) is 4.74 Å². The Labute approximate surface area is 129 Å². The first-order chi connectivity index (χ1) is 10.7. The molecule has 1 amide bonds. The third kappa shape index (κ3) is 3.33. The minimum atomic E-state index is -0.0158. The van der Waals surface area contributed by atoms with Crippen LogP contribution in [0.25, 0.3) is 5.82 Å². The maximum atomic E-state index is 12.6. The number of aromatic nitrogens is 3. The van der Waals surface area contributed by atoms with Gasteiger partial charge >= 0.3 is 0 Å². The zero-order chi connectivity index (χ0) is 15.4. The van der Waals surface area contributed by atoms with Gasteiger partial charge in [0.05, 0.1) is 6.10 Å². The summed E-state index contributed by atoms with van der Waals surface area (Å²) in [6.07, 6.45) is 10.3. The van der Waals surface area contributed by atoms with Crippen LogP contribution in [-0.4, -0.2) is 51.6 Å². The summed E-state index contributed by atoms with van der Waals surface area (Å²) in [5, 5.41) is 0. The molecule has 1 aliphatic rings. The van der Waals surface area contributed by atoms with Crippen molar-refractivity contribution in [1.29, 1.82) is 0 Å². The molecule has 6 nitrogen and oxygen atoms in total. The number of rotatable bonds is 4. The van der Waals surface area contributed by atoms with E-state index in [0.717, 1.165) is 19.4 Å². The van der Waals surface area contributed by atoms with Crippen LogP contribution in [0.1, 0.15) is 29.6 Å². The SMILES string of the molecule is CN(C[C@@H]1CCCCO1)C(=O)c1ccnc(-n2ccnc2)c1. The Balaban J connectivity index is 1.70. The number of ether oxygens (including phenoxy) is 1. The highest BCUT2D eigenvalue weighted by atomic mass is 16.5. The average Bonchev–Trinajstić information content (AvgIpc) is 3.10. The number of carbonyl (C=O) groups excluding carboxylic acids is 1. The van der Waals surface area contributed by atoms with Gasteiger partial charge in [0.15, 0.2) is 0 Å². The van der Waals surface area contributed by atoms with Crippen LogP contribution in [0.4, 0.5) is 0 Å². The third-order valence-corrected chi connectivity index (χ3v) is 3.86. The minimum absolute atomic E-state index is 0.0158. The molecule has 1 aliphatic heterocycles. The second kappa shape index (κ2) is 6.70. The van der Waals surface area contributed by atoms with Gasteiger partial charge in [-0.1, -0.05) is 0 Å². The standard InChI is InChI=1S/C16H20N4O2/c1-19(11-14-4-2-3-9-22-14)16(21)13-5-6-18-15(10-13)20-8-7-17-12-20/h5-8,10,12,14H,2-4,9,11H2,1H3/t14-/m0/s1. The van der Waals surface area contributed by atoms with Gasteiger partial charge in [0, 0.05) is 44.4 Å². The number of hydrogen-bond donors (Lipinski definition) is 0. The molecule has 0 N–H and O–H groups in total. The van der Waals surface area contributed by atoms with Gasteiger partial charge in [-0.15, -0.1) is 0 Å². The van der Waals surface area contributed by atoms with Crippen LogP contribution in [0, 0.1) is 0 Å². The van der Waals surface area contributed by atoms with Crippen LogP contribution in [-0.2, 0) is 4.74 Å². The second-order valence-electron chi connectivity index (χ2n) is 5.55. The van der Waals surface area contributed by atoms with Crippen molar-refractivity contribution < 1.29 is 9.53 Å². The molecule has 22 heavy (non-hydrogen) atoms. The van der Waals surface area contributed by atoms with Crippen LogP contribution >= 0.6 is 0 Å². The monoisotopic (exact) mass is 300 g/mol. The first kappa shape index (κ1) is 14.7. The van der Waals surface area contributed by atoms with Gasteiger partial charge in [0.2, 0.25) is 0 Å². The number of likely N-dealkylation sites (N-methyl/N-ethyl adjacent to an activating group) is 1. The van der Waals surface area contributed by atoms with Gasteiger partial charge in [-0.05, 0) is 31.4 Å². The van der Waals surface area contributed by atoms with E-state index in [2.05, 4.69) is 9.97 Å². The third-order valence-electron chi connectivity index (χ3n) is 3.86. The molecule has 0 saturated carbocycles. The Hall–Kier alpha value is -2.21. The minimum Gasteiger partial charge on any atom is -0.376 e. The van der Waals surface area contributed by atoms with Gasteiger partial charge in [0.1, 0.15) is 12.1 Å². The molecule has 0 radical (unpaired) electrons. The number of imidazole rings is 1. The highest BCUT2D eigenvalue weighted by molar-refractivity contribution is 5.94. The summed E-state index contributed by atoms with van der Waals surface area (Å²) < 4.78 is 7.48. The lowest BCUT2D eigenvalue weighted by Crippen LogP contribution is -2.37. The van der Waals surface area contributed by atoms with E-state index in [-0.39, 0.29) is 12.0 Å². The molecule has 1 atom stereocenters. The first-order valence-corrected chi connectivity index (χ1v) is 7.55. The van der Waals surface area contributed by atoms with Crippen LogP contribution in [0.2, 0.25) is 0 Å². The molecule has 2 aromatic rings. The second-order valence-corrected chi connectivity index (χ2v) is 5.55. The molecule has 3 rings (SSSR count). The fourth-order valence-electron chi connectivity index (χ4n) is 2.65. The van der Waals surface area contributed by atoms with E-state index in [1.54, 1.807) is 46.5 Å². The highest BCUT2D eigenvalue weighted by Gasteiger charge is 2.20. The number of carbonyl (C=O) groups is 1. The number of nitrogens with zero attached hydrogens (tertiary/aromatic N) is 4. The predicted molar refractivity (Wildman–Crippen MR) is 81.9 cm³/mol. The number of amides is 1. The quantitative estimate of drug-likeness (QED) is 0.865. The van der Waals surface area contributed by atoms with Crippen molar-refractivity contribution >= 4 is 5.91 Å². The Bertz CT molecular complexity index is 621. The van der Waals surface area contributed by atoms with Crippen molar-refractivity contribution in [1.82, 2.24) is 19.4 Å². The molecule has 0 spiro atoms. The largest absolute Gasteiger partial charge is 0.376 e. The topological polar surface area (TPSA) is 60.2 Å². The molecular weight excluding hydrogens is 280 g/mol. The lowest BCUT2D eigenvalue weighted by Gasteiger charge is -2.27. The van der Waals surface area contributed by atoms with E-state index in [9.17, 15) is 4.79 Å². The molecule has 0 bridgehead atoms. The normalized spacial score (nSPS) is 18.1. The van der Waals surface area contributed by atoms with Gasteiger partial charge in [-0.3, -0.25) is 9.36 Å². The Morgan fingerprint density at radius 1 is 1.45 bits per heavy atom. The van der Waals surface area contributed by atoms with Crippen molar-refractivity contribution in [2.45, 2.75) is 25.4 Å². The van der Waals surface area contributed by atoms with E-state index in [1.165, 1.54) is 6.42 Å². The Kier molecular flexibility index (Phi) is 4.48. The first-order valence-electron chi connectivity index (χ1n) is 7.55. The lowest BCUT2D eigenvalue weighted by atomic mass is 10.1. The van der Waals surface area contributed by atoms with Crippen molar-refractivity contribution in [3.8, 4) is 5.82 Å². The molecule has 0 aliphatic carbocycles. The van der Waals surface area contributed by atoms with Gasteiger partial charge in [-0.25, -0.2) is 9.97 Å². The summed E-state index contributed by atoms with van der Waals surface area (Å²) in [7, 11) is 1.82. The van der Waals surface area contributed by atoms with E-state index >= 15 is 0 Å². The molecule has 2 aromatic heterocycles. The van der Waals surface area contributed by atoms with Crippen LogP contribution in [0.3, 0.4) is 0 Å². The Morgan fingerprint density at radius 2 is 2.36 bits per heavy atom. The zero-order valence-corrected chi connectivity index (χ0v) is 12.7. The van der Waals surface area contributed by atoms with E-state index < -0.39 is 0 Å². The van der Waals surface area contributed by atoms with Crippen LogP contribution in [0.5, 0.6) is 0 Å². The molecular formula is C16H20N4O2. The van der Waals surface area contributed by atoms with Crippen molar-refractivity contribution in [3.05, 3.63) is 42.6 Å². The summed E-state index contributed by atoms with van der Waals surface area (Å²) in [5.41, 5.74) is 0.622. The summed E-state index contributed by atoms with van der Waals surface area (Å²) >= 11 is 0. The van der Waals surface area contributed by atoms with Gasteiger partial charge in [0.25, 0.3) is 5.91 Å². The van der Waals surface area contributed by atoms with Crippen molar-refractivity contribution in [2.75, 3.05) is 20.2 Å². The van der Waals surface area contributed by atoms with E-state index in [0.29, 0.717) is 17.9 Å². The Morgan fingerprint density at radius 3 is 3.09 bits per heavy atom. The van der Waals surface area contributed by atoms with Gasteiger partial charge < -0.3 is 9.64 Å². The smallest absolute Gasteiger partial charge is 0.253 e. The fraction of sp³-hybridized carbons (Fsp3) is 0.438. The zero-order valence-electron chi connectivity index (χ0n) is 12.7. The summed E-state index contributed by atoms with van der Waals surface area (Å²) in [4.78, 5) is 22.5. The summed E-state index contributed by atoms with van der Waals surface area (Å²) in [6, 6.07) is 3.52. The summed E-state index contributed by atoms with van der Waals surface area (Å²) in [5.74, 6) is 0.670. The molecule has 6 heteroatoms. The number of hydrogen-bond acceptors (Lipinski definition) is 4. The molecule has 0 aromatic carbocycles. The maximum Gasteiger partial charge on any atom is 0.253 e. The van der Waals surface area contributed by atoms with Crippen molar-refractivity contribution in [2.24, 2.45) is 0 Å². The van der Waals surface area contributed by atoms with Gasteiger partial charge in [-0.2, -0.15) is 0 Å². The van der Waals surface area contributed by atoms with Crippen LogP contribution in [0.15, 0.2) is 37.1 Å². The number of pyridine rings is 1. The lowest BCUT2D eigenvalue weighted by molar-refractivity contribution is -0.000188. The molecule has 3 heterocycles. The molecule has 116 valence electrons. The maximum absolute atomic E-state index is 12.6.